The maximum Gasteiger partial charge on any atom is 0.0522 e. The molecule has 1 unspecified atom stereocenters. The van der Waals surface area contributed by atoms with Crippen molar-refractivity contribution in [3.63, 3.8) is 0 Å². The Morgan fingerprint density at radius 1 is 1.58 bits per heavy atom. The molecule has 0 amide bonds. The highest BCUT2D eigenvalue weighted by atomic mass is 16.3. The van der Waals surface area contributed by atoms with E-state index in [1.165, 1.54) is 11.1 Å². The van der Waals surface area contributed by atoms with E-state index in [1.54, 1.807) is 0 Å². The topological polar surface area (TPSA) is 32.3 Å². The third-order valence-electron chi connectivity index (χ3n) is 2.77. The molecule has 2 N–H and O–H groups in total. The Labute approximate surface area is 73.0 Å². The minimum Gasteiger partial charge on any atom is -0.395 e. The van der Waals surface area contributed by atoms with Gasteiger partial charge < -0.3 is 10.4 Å². The van der Waals surface area contributed by atoms with Crippen LogP contribution < -0.4 is 5.32 Å². The lowest BCUT2D eigenvalue weighted by atomic mass is 9.79. The quantitative estimate of drug-likeness (QED) is 0.603. The van der Waals surface area contributed by atoms with Crippen LogP contribution in [0.3, 0.4) is 0 Å². The minimum absolute atomic E-state index is 0.00907. The zero-order valence-electron chi connectivity index (χ0n) is 7.43. The second kappa shape index (κ2) is 2.71. The highest BCUT2D eigenvalue weighted by Crippen LogP contribution is 2.34. The lowest BCUT2D eigenvalue weighted by molar-refractivity contribution is 0.182. The van der Waals surface area contributed by atoms with E-state index in [0.717, 1.165) is 19.5 Å². The number of hydrogen-bond donors (Lipinski definition) is 2. The number of rotatable bonds is 1. The van der Waals surface area contributed by atoms with Crippen molar-refractivity contribution in [2.24, 2.45) is 5.41 Å². The molecule has 0 saturated carbocycles. The molecule has 1 aliphatic carbocycles. The van der Waals surface area contributed by atoms with Gasteiger partial charge in [0.2, 0.25) is 0 Å². The fraction of sp³-hybridized carbons (Fsp3) is 0.600. The van der Waals surface area contributed by atoms with Crippen molar-refractivity contribution < 1.29 is 5.11 Å². The van der Waals surface area contributed by atoms with Crippen molar-refractivity contribution in [1.29, 1.82) is 0 Å². The molecule has 1 aliphatic heterocycles. The van der Waals surface area contributed by atoms with Crippen LogP contribution in [0.5, 0.6) is 0 Å². The van der Waals surface area contributed by atoms with E-state index in [0.29, 0.717) is 0 Å². The summed E-state index contributed by atoms with van der Waals surface area (Å²) in [5, 5.41) is 12.5. The van der Waals surface area contributed by atoms with Gasteiger partial charge in [-0.2, -0.15) is 0 Å². The Morgan fingerprint density at radius 2 is 2.42 bits per heavy atom. The Morgan fingerprint density at radius 3 is 3.17 bits per heavy atom. The van der Waals surface area contributed by atoms with Gasteiger partial charge in [-0.1, -0.05) is 24.6 Å². The van der Waals surface area contributed by atoms with Gasteiger partial charge in [-0.05, 0) is 12.0 Å². The largest absolute Gasteiger partial charge is 0.395 e. The summed E-state index contributed by atoms with van der Waals surface area (Å²) in [7, 11) is 0. The van der Waals surface area contributed by atoms with Crippen LogP contribution in [-0.2, 0) is 0 Å². The van der Waals surface area contributed by atoms with Crippen LogP contribution in [0.2, 0.25) is 0 Å². The molecule has 0 aromatic heterocycles. The predicted molar refractivity (Wildman–Crippen MR) is 48.8 cm³/mol. The summed E-state index contributed by atoms with van der Waals surface area (Å²) in [6.45, 7) is 4.37. The maximum atomic E-state index is 9.18. The summed E-state index contributed by atoms with van der Waals surface area (Å²) in [5.41, 5.74) is 2.90. The van der Waals surface area contributed by atoms with Crippen LogP contribution in [0.25, 0.3) is 0 Å². The van der Waals surface area contributed by atoms with E-state index in [1.807, 2.05) is 0 Å². The molecule has 0 bridgehead atoms. The third-order valence-corrected chi connectivity index (χ3v) is 2.77. The second-order valence-electron chi connectivity index (χ2n) is 4.05. The van der Waals surface area contributed by atoms with Gasteiger partial charge in [0.15, 0.2) is 0 Å². The standard InChI is InChI=1S/C10H15NO/c1-10(7-12)3-2-8-5-11-6-9(8)4-10/h2-3,11-12H,4-7H2,1H3. The van der Waals surface area contributed by atoms with Crippen molar-refractivity contribution in [3.8, 4) is 0 Å². The van der Waals surface area contributed by atoms with Gasteiger partial charge in [-0.3, -0.25) is 0 Å². The van der Waals surface area contributed by atoms with Gasteiger partial charge in [0.25, 0.3) is 0 Å². The van der Waals surface area contributed by atoms with E-state index < -0.39 is 0 Å². The molecule has 1 atom stereocenters. The highest BCUT2D eigenvalue weighted by molar-refractivity contribution is 5.37. The van der Waals surface area contributed by atoms with Gasteiger partial charge in [-0.25, -0.2) is 0 Å². The van der Waals surface area contributed by atoms with Gasteiger partial charge in [0.05, 0.1) is 6.61 Å². The maximum absolute atomic E-state index is 9.18. The van der Waals surface area contributed by atoms with Crippen LogP contribution in [0.4, 0.5) is 0 Å². The summed E-state index contributed by atoms with van der Waals surface area (Å²) in [4.78, 5) is 0. The summed E-state index contributed by atoms with van der Waals surface area (Å²) in [5.74, 6) is 0. The van der Waals surface area contributed by atoms with E-state index in [-0.39, 0.29) is 12.0 Å². The van der Waals surface area contributed by atoms with Crippen molar-refractivity contribution in [2.75, 3.05) is 19.7 Å². The first kappa shape index (κ1) is 8.02. The molecule has 0 aromatic carbocycles. The molecule has 2 heteroatoms. The number of aliphatic hydroxyl groups is 1. The Hall–Kier alpha value is -0.600. The number of hydrogen-bond acceptors (Lipinski definition) is 2. The normalized spacial score (nSPS) is 34.2. The molecule has 2 aliphatic rings. The molecule has 0 fully saturated rings. The molecule has 66 valence electrons. The van der Waals surface area contributed by atoms with Crippen LogP contribution in [-0.4, -0.2) is 24.8 Å². The second-order valence-corrected chi connectivity index (χ2v) is 4.05. The Kier molecular flexibility index (Phi) is 1.81. The Bertz CT molecular complexity index is 255. The monoisotopic (exact) mass is 165 g/mol. The molecule has 0 radical (unpaired) electrons. The van der Waals surface area contributed by atoms with E-state index in [4.69, 9.17) is 0 Å². The molecule has 0 spiro atoms. The first-order valence-corrected chi connectivity index (χ1v) is 4.45. The zero-order chi connectivity index (χ0) is 8.60. The minimum atomic E-state index is -0.00907. The summed E-state index contributed by atoms with van der Waals surface area (Å²) >= 11 is 0. The highest BCUT2D eigenvalue weighted by Gasteiger charge is 2.28. The van der Waals surface area contributed by atoms with Gasteiger partial charge in [-0.15, -0.1) is 0 Å². The molecule has 2 rings (SSSR count). The first-order valence-electron chi connectivity index (χ1n) is 4.45. The fourth-order valence-corrected chi connectivity index (χ4v) is 1.90. The average Bonchev–Trinajstić information content (AvgIpc) is 2.51. The van der Waals surface area contributed by atoms with Gasteiger partial charge in [0, 0.05) is 18.5 Å². The zero-order valence-corrected chi connectivity index (χ0v) is 7.43. The molecular formula is C10H15NO. The van der Waals surface area contributed by atoms with Crippen molar-refractivity contribution in [1.82, 2.24) is 5.32 Å². The lowest BCUT2D eigenvalue weighted by Gasteiger charge is -2.27. The third kappa shape index (κ3) is 1.21. The van der Waals surface area contributed by atoms with E-state index in [2.05, 4.69) is 24.4 Å². The van der Waals surface area contributed by atoms with Gasteiger partial charge >= 0.3 is 0 Å². The van der Waals surface area contributed by atoms with Crippen molar-refractivity contribution >= 4 is 0 Å². The van der Waals surface area contributed by atoms with E-state index >= 15 is 0 Å². The lowest BCUT2D eigenvalue weighted by Crippen LogP contribution is -2.22. The van der Waals surface area contributed by atoms with Crippen LogP contribution in [0.15, 0.2) is 23.3 Å². The molecule has 0 saturated heterocycles. The molecule has 1 heterocycles. The van der Waals surface area contributed by atoms with Crippen molar-refractivity contribution in [2.45, 2.75) is 13.3 Å². The smallest absolute Gasteiger partial charge is 0.0522 e. The summed E-state index contributed by atoms with van der Waals surface area (Å²) in [6.07, 6.45) is 5.32. The van der Waals surface area contributed by atoms with Crippen molar-refractivity contribution in [3.05, 3.63) is 23.3 Å². The Balaban J connectivity index is 2.20. The summed E-state index contributed by atoms with van der Waals surface area (Å²) < 4.78 is 0. The SMILES string of the molecule is CC1(CO)C=CC2=C(CNC2)C1. The predicted octanol–water partition coefficient (Wildman–Crippen LogP) is 0.845. The molecule has 12 heavy (non-hydrogen) atoms. The van der Waals surface area contributed by atoms with Gasteiger partial charge in [0.1, 0.15) is 0 Å². The molecule has 2 nitrogen and oxygen atoms in total. The van der Waals surface area contributed by atoms with Crippen LogP contribution in [0, 0.1) is 5.41 Å². The number of nitrogens with one attached hydrogen (secondary N) is 1. The summed E-state index contributed by atoms with van der Waals surface area (Å²) in [6, 6.07) is 0. The average molecular weight is 165 g/mol. The molecule has 0 aromatic rings. The first-order chi connectivity index (χ1) is 5.73. The van der Waals surface area contributed by atoms with Crippen LogP contribution in [0.1, 0.15) is 13.3 Å². The van der Waals surface area contributed by atoms with Crippen LogP contribution >= 0.6 is 0 Å². The molecular weight excluding hydrogens is 150 g/mol. The fourth-order valence-electron chi connectivity index (χ4n) is 1.90. The van der Waals surface area contributed by atoms with E-state index in [9.17, 15) is 5.11 Å². The number of aliphatic hydroxyl groups excluding tert-OH is 1.